The van der Waals surface area contributed by atoms with Crippen molar-refractivity contribution >= 4 is 17.0 Å². The van der Waals surface area contributed by atoms with Crippen LogP contribution in [0.3, 0.4) is 0 Å². The van der Waals surface area contributed by atoms with Crippen LogP contribution in [0.4, 0.5) is 5.82 Å². The van der Waals surface area contributed by atoms with E-state index in [2.05, 4.69) is 15.0 Å². The molecule has 3 aromatic heterocycles. The first-order valence-electron chi connectivity index (χ1n) is 11.1. The van der Waals surface area contributed by atoms with Gasteiger partial charge in [0.25, 0.3) is 0 Å². The van der Waals surface area contributed by atoms with E-state index < -0.39 is 12.7 Å². The number of hydrogen-bond acceptors (Lipinski definition) is 8. The largest absolute Gasteiger partial charge is 0.393 e. The number of anilines is 1. The van der Waals surface area contributed by atoms with Crippen LogP contribution in [-0.2, 0) is 18.3 Å². The number of fused-ring (bicyclic) bond motifs is 1. The fourth-order valence-corrected chi connectivity index (χ4v) is 4.16. The summed E-state index contributed by atoms with van der Waals surface area (Å²) >= 11 is 0. The van der Waals surface area contributed by atoms with Gasteiger partial charge in [0.2, 0.25) is 0 Å². The molecule has 2 N–H and O–H groups in total. The van der Waals surface area contributed by atoms with Gasteiger partial charge >= 0.3 is 0 Å². The molecule has 10 nitrogen and oxygen atoms in total. The maximum Gasteiger partial charge on any atom is 0.166 e. The average molecular weight is 450 g/mol. The third-order valence-corrected chi connectivity index (χ3v) is 5.83. The predicted molar refractivity (Wildman–Crippen MR) is 124 cm³/mol. The zero-order valence-corrected chi connectivity index (χ0v) is 18.7. The predicted octanol–water partition coefficient (Wildman–Crippen LogP) is 1.78. The van der Waals surface area contributed by atoms with Crippen LogP contribution in [0.1, 0.15) is 18.9 Å². The van der Waals surface area contributed by atoms with E-state index in [0.29, 0.717) is 61.5 Å². The van der Waals surface area contributed by atoms with Crippen molar-refractivity contribution in [2.24, 2.45) is 7.05 Å². The third-order valence-electron chi connectivity index (χ3n) is 5.83. The van der Waals surface area contributed by atoms with Crippen molar-refractivity contribution in [2.45, 2.75) is 19.6 Å². The zero-order valence-electron chi connectivity index (χ0n) is 18.7. The van der Waals surface area contributed by atoms with E-state index in [9.17, 15) is 10.2 Å². The molecular formula is C23H27N7O3. The highest BCUT2D eigenvalue weighted by Gasteiger charge is 2.25. The Hall–Kier alpha value is -3.34. The van der Waals surface area contributed by atoms with E-state index in [0.717, 1.165) is 16.8 Å². The minimum atomic E-state index is -1.09. The highest BCUT2D eigenvalue weighted by atomic mass is 16.5. The number of aromatic nitrogens is 6. The summed E-state index contributed by atoms with van der Waals surface area (Å²) in [6, 6.07) is 9.96. The van der Waals surface area contributed by atoms with E-state index in [4.69, 9.17) is 14.7 Å². The van der Waals surface area contributed by atoms with Gasteiger partial charge < -0.3 is 24.4 Å². The number of rotatable bonds is 6. The number of aryl methyl sites for hydroxylation is 2. The summed E-state index contributed by atoms with van der Waals surface area (Å²) in [6.45, 7) is 4.70. The first-order valence-corrected chi connectivity index (χ1v) is 11.1. The third kappa shape index (κ3) is 3.97. The molecule has 5 rings (SSSR count). The van der Waals surface area contributed by atoms with Crippen molar-refractivity contribution in [3.63, 3.8) is 0 Å². The monoisotopic (exact) mass is 449 g/mol. The fraction of sp³-hybridized carbons (Fsp3) is 0.391. The number of morpholine rings is 1. The summed E-state index contributed by atoms with van der Waals surface area (Å²) in [7, 11) is 1.89. The molecular weight excluding hydrogens is 422 g/mol. The molecule has 10 heteroatoms. The topological polar surface area (TPSA) is 114 Å². The highest BCUT2D eigenvalue weighted by Crippen LogP contribution is 2.31. The number of aliphatic hydroxyl groups is 2. The first kappa shape index (κ1) is 21.5. The normalized spacial score (nSPS) is 15.3. The summed E-state index contributed by atoms with van der Waals surface area (Å²) in [5, 5.41) is 24.4. The average Bonchev–Trinajstić information content (AvgIpc) is 3.47. The molecule has 1 unspecified atom stereocenters. The molecule has 1 aromatic carbocycles. The summed E-state index contributed by atoms with van der Waals surface area (Å²) in [4.78, 5) is 16.6. The Labute approximate surface area is 191 Å². The van der Waals surface area contributed by atoms with Gasteiger partial charge in [0.05, 0.1) is 25.5 Å². The van der Waals surface area contributed by atoms with Crippen LogP contribution in [0.25, 0.3) is 33.8 Å². The molecule has 4 heterocycles. The summed E-state index contributed by atoms with van der Waals surface area (Å²) < 4.78 is 9.14. The number of hydrogen-bond donors (Lipinski definition) is 2. The molecule has 1 aliphatic rings. The number of ether oxygens (including phenoxy) is 1. The Morgan fingerprint density at radius 1 is 1.09 bits per heavy atom. The Kier molecular flexibility index (Phi) is 5.79. The molecule has 1 aliphatic heterocycles. The molecule has 0 saturated carbocycles. The summed E-state index contributed by atoms with van der Waals surface area (Å²) in [6.07, 6.45) is 0.821. The second-order valence-electron chi connectivity index (χ2n) is 8.01. The van der Waals surface area contributed by atoms with Crippen molar-refractivity contribution in [1.82, 2.24) is 29.3 Å². The van der Waals surface area contributed by atoms with Gasteiger partial charge in [-0.2, -0.15) is 5.10 Å². The lowest BCUT2D eigenvalue weighted by Gasteiger charge is -2.28. The van der Waals surface area contributed by atoms with Crippen molar-refractivity contribution in [2.75, 3.05) is 37.8 Å². The lowest BCUT2D eigenvalue weighted by Crippen LogP contribution is -2.37. The Balaban J connectivity index is 1.69. The van der Waals surface area contributed by atoms with Crippen LogP contribution in [-0.4, -0.2) is 72.4 Å². The van der Waals surface area contributed by atoms with Gasteiger partial charge in [0.1, 0.15) is 11.9 Å². The minimum absolute atomic E-state index is 0.387. The zero-order chi connectivity index (χ0) is 22.9. The van der Waals surface area contributed by atoms with Gasteiger partial charge in [-0.05, 0) is 19.1 Å². The molecule has 172 valence electrons. The Morgan fingerprint density at radius 3 is 2.58 bits per heavy atom. The van der Waals surface area contributed by atoms with E-state index in [-0.39, 0.29) is 0 Å². The van der Waals surface area contributed by atoms with E-state index in [1.54, 1.807) is 4.68 Å². The van der Waals surface area contributed by atoms with Crippen LogP contribution < -0.4 is 4.90 Å². The molecule has 1 fully saturated rings. The molecule has 1 saturated heterocycles. The molecule has 4 aromatic rings. The van der Waals surface area contributed by atoms with Gasteiger partial charge in [-0.1, -0.05) is 18.2 Å². The summed E-state index contributed by atoms with van der Waals surface area (Å²) in [5.41, 5.74) is 3.97. The van der Waals surface area contributed by atoms with E-state index in [1.165, 1.54) is 0 Å². The van der Waals surface area contributed by atoms with E-state index in [1.807, 2.05) is 55.1 Å². The van der Waals surface area contributed by atoms with Crippen molar-refractivity contribution in [3.8, 4) is 22.6 Å². The van der Waals surface area contributed by atoms with Crippen molar-refractivity contribution < 1.29 is 14.9 Å². The van der Waals surface area contributed by atoms with E-state index >= 15 is 0 Å². The molecule has 0 radical (unpaired) electrons. The maximum absolute atomic E-state index is 10.4. The van der Waals surface area contributed by atoms with Gasteiger partial charge in [-0.25, -0.2) is 15.0 Å². The molecule has 0 spiro atoms. The smallest absolute Gasteiger partial charge is 0.166 e. The lowest BCUT2D eigenvalue weighted by molar-refractivity contribution is 0.0861. The maximum atomic E-state index is 10.4. The Morgan fingerprint density at radius 2 is 1.88 bits per heavy atom. The molecule has 0 bridgehead atoms. The number of imidazole rings is 1. The van der Waals surface area contributed by atoms with Crippen molar-refractivity contribution in [3.05, 3.63) is 42.4 Å². The van der Waals surface area contributed by atoms with Gasteiger partial charge in [-0.3, -0.25) is 4.68 Å². The highest BCUT2D eigenvalue weighted by molar-refractivity contribution is 5.86. The lowest BCUT2D eigenvalue weighted by atomic mass is 10.1. The quantitative estimate of drug-likeness (QED) is 0.458. The fourth-order valence-electron chi connectivity index (χ4n) is 4.16. The number of nitrogens with zero attached hydrogens (tertiary/aromatic N) is 7. The standard InChI is InChI=1S/C23H27N7O3/c1-3-30-21(18(32)14-31)24-19-22(29-9-11-33-12-10-29)25-20(26-23(19)30)16-6-4-5-15(13-16)17-7-8-28(2)27-17/h4-8,13,18,31-32H,3,9-12,14H2,1-2H3. The van der Waals surface area contributed by atoms with Crippen LogP contribution in [0.5, 0.6) is 0 Å². The first-order chi connectivity index (χ1) is 16.1. The van der Waals surface area contributed by atoms with Gasteiger partial charge in [0, 0.05) is 44.0 Å². The SMILES string of the molecule is CCn1c(C(O)CO)nc2c(N3CCOCC3)nc(-c3cccc(-c4ccn(C)n4)c3)nc21. The van der Waals surface area contributed by atoms with Crippen LogP contribution in [0.2, 0.25) is 0 Å². The van der Waals surface area contributed by atoms with Crippen LogP contribution in [0.15, 0.2) is 36.5 Å². The van der Waals surface area contributed by atoms with Crippen molar-refractivity contribution in [1.29, 1.82) is 0 Å². The molecule has 0 amide bonds. The second-order valence-corrected chi connectivity index (χ2v) is 8.01. The number of aliphatic hydroxyl groups excluding tert-OH is 2. The molecule has 33 heavy (non-hydrogen) atoms. The van der Waals surface area contributed by atoms with Crippen LogP contribution >= 0.6 is 0 Å². The van der Waals surface area contributed by atoms with Crippen LogP contribution in [0, 0.1) is 0 Å². The Bertz CT molecular complexity index is 1280. The minimum Gasteiger partial charge on any atom is -0.393 e. The molecule has 1 atom stereocenters. The van der Waals surface area contributed by atoms with Gasteiger partial charge in [-0.15, -0.1) is 0 Å². The summed E-state index contributed by atoms with van der Waals surface area (Å²) in [5.74, 6) is 1.67. The van der Waals surface area contributed by atoms with Gasteiger partial charge in [0.15, 0.2) is 22.8 Å². The second kappa shape index (κ2) is 8.89. The molecule has 0 aliphatic carbocycles. The number of benzene rings is 1.